The van der Waals surface area contributed by atoms with Gasteiger partial charge in [-0.05, 0) is 35.7 Å². The number of halogens is 5. The predicted molar refractivity (Wildman–Crippen MR) is 106 cm³/mol. The van der Waals surface area contributed by atoms with Gasteiger partial charge in [0.05, 0.1) is 29.6 Å². The van der Waals surface area contributed by atoms with Gasteiger partial charge in [-0.2, -0.15) is 23.3 Å². The Morgan fingerprint density at radius 1 is 1.26 bits per heavy atom. The molecule has 0 saturated carbocycles. The molecule has 1 aromatic carbocycles. The van der Waals surface area contributed by atoms with Crippen LogP contribution in [0, 0.1) is 5.82 Å². The fourth-order valence-corrected chi connectivity index (χ4v) is 3.64. The summed E-state index contributed by atoms with van der Waals surface area (Å²) in [5.74, 6) is -1.06. The first-order valence-electron chi connectivity index (χ1n) is 9.42. The summed E-state index contributed by atoms with van der Waals surface area (Å²) in [7, 11) is 0. The minimum atomic E-state index is -4.75. The van der Waals surface area contributed by atoms with Crippen LogP contribution in [0.2, 0.25) is 5.28 Å². The van der Waals surface area contributed by atoms with Crippen LogP contribution in [0.25, 0.3) is 0 Å². The molecule has 0 atom stereocenters. The molecule has 0 bridgehead atoms. The van der Waals surface area contributed by atoms with E-state index in [1.165, 1.54) is 21.5 Å². The van der Waals surface area contributed by atoms with Crippen LogP contribution in [0.1, 0.15) is 35.6 Å². The molecule has 0 radical (unpaired) electrons. The molecule has 2 aromatic heterocycles. The van der Waals surface area contributed by atoms with Crippen molar-refractivity contribution >= 4 is 23.1 Å². The summed E-state index contributed by atoms with van der Waals surface area (Å²) in [4.78, 5) is 21.2. The molecule has 31 heavy (non-hydrogen) atoms. The number of rotatable bonds is 5. The summed E-state index contributed by atoms with van der Waals surface area (Å²) in [5.41, 5.74) is 0.439. The largest absolute Gasteiger partial charge is 0.419 e. The summed E-state index contributed by atoms with van der Waals surface area (Å²) in [6, 6.07) is 2.76. The summed E-state index contributed by atoms with van der Waals surface area (Å²) in [6.07, 6.45) is -0.596. The van der Waals surface area contributed by atoms with Crippen LogP contribution in [0.3, 0.4) is 0 Å². The van der Waals surface area contributed by atoms with Gasteiger partial charge in [0.2, 0.25) is 5.28 Å². The van der Waals surface area contributed by atoms with E-state index in [9.17, 15) is 22.4 Å². The highest BCUT2D eigenvalue weighted by Crippen LogP contribution is 2.31. The van der Waals surface area contributed by atoms with Gasteiger partial charge in [0.1, 0.15) is 5.82 Å². The predicted octanol–water partition coefficient (Wildman–Crippen LogP) is 4.39. The molecule has 4 rings (SSSR count). The summed E-state index contributed by atoms with van der Waals surface area (Å²) in [6.45, 7) is 2.45. The Morgan fingerprint density at radius 2 is 2.03 bits per heavy atom. The van der Waals surface area contributed by atoms with Crippen molar-refractivity contribution in [2.24, 2.45) is 4.99 Å². The third kappa shape index (κ3) is 4.12. The second-order valence-corrected chi connectivity index (χ2v) is 7.45. The molecule has 0 saturated heterocycles. The van der Waals surface area contributed by atoms with Crippen LogP contribution in [-0.4, -0.2) is 25.0 Å². The molecule has 11 heteroatoms. The number of nitrogens with zero attached hydrogens (tertiary/aromatic N) is 5. The van der Waals surface area contributed by atoms with Gasteiger partial charge in [0, 0.05) is 24.7 Å². The van der Waals surface area contributed by atoms with E-state index in [2.05, 4.69) is 15.1 Å². The Bertz CT molecular complexity index is 1250. The van der Waals surface area contributed by atoms with E-state index in [0.717, 1.165) is 12.5 Å². The maximum absolute atomic E-state index is 13.8. The molecule has 1 aliphatic heterocycles. The van der Waals surface area contributed by atoms with E-state index < -0.39 is 17.6 Å². The van der Waals surface area contributed by atoms with Crippen LogP contribution < -0.4 is 5.56 Å². The van der Waals surface area contributed by atoms with Gasteiger partial charge in [-0.15, -0.1) is 0 Å². The lowest BCUT2D eigenvalue weighted by atomic mass is 10.1. The molecular weight excluding hydrogens is 438 g/mol. The quantitative estimate of drug-likeness (QED) is 0.425. The lowest BCUT2D eigenvalue weighted by molar-refractivity contribution is -0.140. The second-order valence-electron chi connectivity index (χ2n) is 7.11. The van der Waals surface area contributed by atoms with E-state index in [-0.39, 0.29) is 29.6 Å². The summed E-state index contributed by atoms with van der Waals surface area (Å²) >= 11 is 6.10. The van der Waals surface area contributed by atoms with Gasteiger partial charge < -0.3 is 0 Å². The number of alkyl halides is 3. The SMILES string of the molecule is CCCn1c(Cl)nc2c(c1=O)CC(c1cnn(Cc3ccc(C(F)(F)F)c(F)c3)c1)=N2. The van der Waals surface area contributed by atoms with Crippen molar-refractivity contribution in [1.82, 2.24) is 19.3 Å². The van der Waals surface area contributed by atoms with Crippen LogP contribution in [0.5, 0.6) is 0 Å². The topological polar surface area (TPSA) is 65.1 Å². The Hall–Kier alpha value is -3.01. The number of aliphatic imine (C=N–C) groups is 1. The normalized spacial score (nSPS) is 13.4. The smallest absolute Gasteiger partial charge is 0.283 e. The van der Waals surface area contributed by atoms with Crippen molar-refractivity contribution in [2.45, 2.75) is 39.0 Å². The Labute approximate surface area is 178 Å². The van der Waals surface area contributed by atoms with E-state index in [4.69, 9.17) is 11.6 Å². The lowest BCUT2D eigenvalue weighted by Gasteiger charge is -2.09. The first-order valence-corrected chi connectivity index (χ1v) is 9.80. The molecular formula is C20H16ClF4N5O. The van der Waals surface area contributed by atoms with E-state index >= 15 is 0 Å². The fourth-order valence-electron chi connectivity index (χ4n) is 3.40. The Kier molecular flexibility index (Phi) is 5.42. The highest BCUT2D eigenvalue weighted by Gasteiger charge is 2.34. The molecule has 162 valence electrons. The Morgan fingerprint density at radius 3 is 2.71 bits per heavy atom. The third-order valence-corrected chi connectivity index (χ3v) is 5.16. The van der Waals surface area contributed by atoms with Crippen molar-refractivity contribution in [3.63, 3.8) is 0 Å². The van der Waals surface area contributed by atoms with E-state index in [1.807, 2.05) is 6.92 Å². The molecule has 0 aliphatic carbocycles. The van der Waals surface area contributed by atoms with Gasteiger partial charge in [-0.1, -0.05) is 13.0 Å². The Balaban J connectivity index is 1.55. The van der Waals surface area contributed by atoms with E-state index in [0.29, 0.717) is 35.0 Å². The van der Waals surface area contributed by atoms with Crippen molar-refractivity contribution in [1.29, 1.82) is 0 Å². The number of hydrogen-bond acceptors (Lipinski definition) is 4. The molecule has 0 N–H and O–H groups in total. The number of hydrogen-bond donors (Lipinski definition) is 0. The molecule has 3 aromatic rings. The van der Waals surface area contributed by atoms with Crippen molar-refractivity contribution in [2.75, 3.05) is 0 Å². The van der Waals surface area contributed by atoms with Crippen LogP contribution in [0.4, 0.5) is 23.4 Å². The number of aromatic nitrogens is 4. The molecule has 0 unspecified atom stereocenters. The van der Waals surface area contributed by atoms with Crippen molar-refractivity contribution in [3.8, 4) is 0 Å². The summed E-state index contributed by atoms with van der Waals surface area (Å²) in [5, 5.41) is 4.25. The number of fused-ring (bicyclic) bond motifs is 1. The van der Waals surface area contributed by atoms with Crippen molar-refractivity contribution < 1.29 is 17.6 Å². The van der Waals surface area contributed by atoms with Gasteiger partial charge >= 0.3 is 6.18 Å². The molecule has 6 nitrogen and oxygen atoms in total. The highest BCUT2D eigenvalue weighted by molar-refractivity contribution is 6.28. The minimum absolute atomic E-state index is 0.0721. The zero-order chi connectivity index (χ0) is 22.3. The molecule has 0 amide bonds. The monoisotopic (exact) mass is 453 g/mol. The average Bonchev–Trinajstić information content (AvgIpc) is 3.31. The lowest BCUT2D eigenvalue weighted by Crippen LogP contribution is -2.25. The van der Waals surface area contributed by atoms with Crippen LogP contribution in [0.15, 0.2) is 40.4 Å². The zero-order valence-electron chi connectivity index (χ0n) is 16.2. The van der Waals surface area contributed by atoms with E-state index in [1.54, 1.807) is 6.20 Å². The van der Waals surface area contributed by atoms with Gasteiger partial charge in [0.25, 0.3) is 5.56 Å². The highest BCUT2D eigenvalue weighted by atomic mass is 35.5. The summed E-state index contributed by atoms with van der Waals surface area (Å²) < 4.78 is 54.8. The standard InChI is InChI=1S/C20H16ClF4N5O/c1-2-5-30-18(31)13-7-16(27-17(13)28-19(30)21)12-8-26-29(10-12)9-11-3-4-14(15(22)6-11)20(23,24)25/h3-4,6,8,10H,2,5,7,9H2,1H3. The average molecular weight is 454 g/mol. The van der Waals surface area contributed by atoms with Crippen molar-refractivity contribution in [3.05, 3.63) is 74.3 Å². The van der Waals surface area contributed by atoms with Gasteiger partial charge in [-0.3, -0.25) is 14.0 Å². The second kappa shape index (κ2) is 7.92. The first-order chi connectivity index (χ1) is 14.7. The van der Waals surface area contributed by atoms with Gasteiger partial charge in [-0.25, -0.2) is 9.38 Å². The van der Waals surface area contributed by atoms with Gasteiger partial charge in [0.15, 0.2) is 5.82 Å². The minimum Gasteiger partial charge on any atom is -0.283 e. The first kappa shape index (κ1) is 21.2. The maximum Gasteiger partial charge on any atom is 0.419 e. The maximum atomic E-state index is 13.8. The molecule has 1 aliphatic rings. The third-order valence-electron chi connectivity index (χ3n) is 4.88. The molecule has 3 heterocycles. The zero-order valence-corrected chi connectivity index (χ0v) is 17.0. The molecule has 0 fully saturated rings. The number of benzene rings is 1. The fraction of sp³-hybridized carbons (Fsp3) is 0.300. The molecule has 0 spiro atoms. The van der Waals surface area contributed by atoms with Crippen LogP contribution in [-0.2, 0) is 25.7 Å². The van der Waals surface area contributed by atoms with Crippen LogP contribution >= 0.6 is 11.6 Å².